The van der Waals surface area contributed by atoms with Crippen molar-refractivity contribution in [1.82, 2.24) is 9.88 Å². The number of piperidine rings is 1. The maximum atomic E-state index is 12.8. The van der Waals surface area contributed by atoms with Gasteiger partial charge in [0.05, 0.1) is 28.7 Å². The van der Waals surface area contributed by atoms with Crippen LogP contribution >= 0.6 is 24.8 Å². The molecule has 5 aliphatic rings. The molecule has 5 N–H and O–H groups in total. The lowest BCUT2D eigenvalue weighted by atomic mass is 9.49. The van der Waals surface area contributed by atoms with Gasteiger partial charge in [-0.15, -0.1) is 24.8 Å². The summed E-state index contributed by atoms with van der Waals surface area (Å²) in [4.78, 5) is 10.5. The predicted octanol–water partition coefficient (Wildman–Crippen LogP) is 4.03. The lowest BCUT2D eigenvalue weighted by molar-refractivity contribution is -0.173. The first-order chi connectivity index (χ1) is 16.5. The fourth-order valence-electron chi connectivity index (χ4n) is 7.78. The molecule has 1 aromatic heterocycles. The minimum Gasteiger partial charge on any atom is -0.504 e. The van der Waals surface area contributed by atoms with Gasteiger partial charge in [0.1, 0.15) is 0 Å². The Morgan fingerprint density at radius 2 is 2.06 bits per heavy atom. The monoisotopic (exact) mass is 528 g/mol. The van der Waals surface area contributed by atoms with Crippen LogP contribution in [0.4, 0.5) is 5.69 Å². The number of nitrogens with zero attached hydrogens (tertiary/aromatic N) is 2. The number of likely N-dealkylation sites (tertiary alicyclic amines) is 1. The molecule has 1 saturated carbocycles. The van der Waals surface area contributed by atoms with E-state index in [4.69, 9.17) is 10.5 Å². The standard InChI is InChI=1S/C27H28N4O3.2ClH/c28-13-29-16-4-5-19-17(10-16)18-11-27(33)21-9-15-3-6-20(32)24-22(15)26(27,25(34-24)23(18)30-19)7-8-31(21)12-14-1-2-14;;/h3-6,10,13-14,21,25,30,32-33H,1-2,7-9,11-12H2,(H2,28,29);2*1H/t21?,25-,26-,27+;;/m0../s1. The predicted molar refractivity (Wildman–Crippen MR) is 143 cm³/mol. The van der Waals surface area contributed by atoms with Crippen LogP contribution in [0.25, 0.3) is 10.9 Å². The summed E-state index contributed by atoms with van der Waals surface area (Å²) in [6.07, 6.45) is 5.70. The molecule has 3 heterocycles. The second-order valence-corrected chi connectivity index (χ2v) is 11.0. The second-order valence-electron chi connectivity index (χ2n) is 11.0. The van der Waals surface area contributed by atoms with Gasteiger partial charge in [-0.05, 0) is 73.5 Å². The SMILES string of the molecule is Cl.Cl.NC=Nc1ccc2[nH]c3c(c2c1)C[C@@]1(O)C2Cc4ccc(O)c5c4[C@@]1(CCN2CC1CC1)[C@H]3O5. The fourth-order valence-corrected chi connectivity index (χ4v) is 7.78. The molecule has 2 bridgehead atoms. The van der Waals surface area contributed by atoms with E-state index in [2.05, 4.69) is 14.9 Å². The number of nitrogens with one attached hydrogen (secondary N) is 1. The van der Waals surface area contributed by atoms with Gasteiger partial charge in [0.25, 0.3) is 0 Å². The average molecular weight is 529 g/mol. The number of aromatic nitrogens is 1. The van der Waals surface area contributed by atoms with Crippen LogP contribution in [0.2, 0.25) is 0 Å². The van der Waals surface area contributed by atoms with Gasteiger partial charge in [-0.25, -0.2) is 4.99 Å². The molecule has 0 radical (unpaired) electrons. The molecule has 1 unspecified atom stereocenters. The number of H-pyrrole nitrogens is 1. The van der Waals surface area contributed by atoms with Crippen LogP contribution in [0.5, 0.6) is 11.5 Å². The summed E-state index contributed by atoms with van der Waals surface area (Å²) >= 11 is 0. The van der Waals surface area contributed by atoms with Gasteiger partial charge >= 0.3 is 0 Å². The molecule has 2 aromatic carbocycles. The number of fused-ring (bicyclic) bond motifs is 4. The Bertz CT molecular complexity index is 1420. The smallest absolute Gasteiger partial charge is 0.166 e. The van der Waals surface area contributed by atoms with Crippen LogP contribution in [0.1, 0.15) is 47.8 Å². The van der Waals surface area contributed by atoms with Crippen molar-refractivity contribution in [3.8, 4) is 11.5 Å². The van der Waals surface area contributed by atoms with Crippen LogP contribution in [-0.2, 0) is 18.3 Å². The number of halogens is 2. The van der Waals surface area contributed by atoms with E-state index in [1.807, 2.05) is 24.3 Å². The number of aromatic amines is 1. The summed E-state index contributed by atoms with van der Waals surface area (Å²) in [5.74, 6) is 1.49. The molecule has 4 atom stereocenters. The van der Waals surface area contributed by atoms with E-state index >= 15 is 0 Å². The summed E-state index contributed by atoms with van der Waals surface area (Å²) in [6, 6.07) is 9.85. The summed E-state index contributed by atoms with van der Waals surface area (Å²) < 4.78 is 6.63. The maximum absolute atomic E-state index is 12.8. The number of benzene rings is 2. The van der Waals surface area contributed by atoms with Crippen molar-refractivity contribution in [2.24, 2.45) is 16.6 Å². The molecule has 9 heteroatoms. The number of phenolic OH excluding ortho intramolecular Hbond substituents is 1. The molecule has 8 rings (SSSR count). The normalized spacial score (nSPS) is 31.4. The quantitative estimate of drug-likeness (QED) is 0.303. The van der Waals surface area contributed by atoms with Crippen molar-refractivity contribution in [3.05, 3.63) is 52.7 Å². The largest absolute Gasteiger partial charge is 0.504 e. The van der Waals surface area contributed by atoms with E-state index in [-0.39, 0.29) is 42.7 Å². The molecular formula is C27H30Cl2N4O3. The Kier molecular flexibility index (Phi) is 5.17. The number of hydrogen-bond acceptors (Lipinski definition) is 5. The first-order valence-electron chi connectivity index (χ1n) is 12.4. The Morgan fingerprint density at radius 3 is 2.83 bits per heavy atom. The number of aromatic hydroxyl groups is 1. The highest BCUT2D eigenvalue weighted by Gasteiger charge is 2.72. The van der Waals surface area contributed by atoms with E-state index in [1.165, 1.54) is 24.7 Å². The Balaban J connectivity index is 0.00000120. The van der Waals surface area contributed by atoms with Crippen molar-refractivity contribution in [2.45, 2.75) is 55.3 Å². The van der Waals surface area contributed by atoms with E-state index < -0.39 is 11.0 Å². The third-order valence-corrected chi connectivity index (χ3v) is 9.37. The molecule has 2 fully saturated rings. The summed E-state index contributed by atoms with van der Waals surface area (Å²) in [7, 11) is 0. The zero-order valence-electron chi connectivity index (χ0n) is 19.7. The van der Waals surface area contributed by atoms with Crippen LogP contribution in [0.15, 0.2) is 35.3 Å². The second kappa shape index (κ2) is 7.78. The lowest BCUT2D eigenvalue weighted by Crippen LogP contribution is -2.74. The Hall–Kier alpha value is -2.45. The zero-order chi connectivity index (χ0) is 22.8. The zero-order valence-corrected chi connectivity index (χ0v) is 21.4. The molecule has 7 nitrogen and oxygen atoms in total. The van der Waals surface area contributed by atoms with Gasteiger partial charge in [-0.2, -0.15) is 0 Å². The molecule has 1 saturated heterocycles. The van der Waals surface area contributed by atoms with Crippen molar-refractivity contribution < 1.29 is 14.9 Å². The van der Waals surface area contributed by atoms with Crippen molar-refractivity contribution >= 4 is 47.7 Å². The number of aliphatic hydroxyl groups is 1. The number of hydrogen-bond donors (Lipinski definition) is 4. The first kappa shape index (κ1) is 23.9. The lowest BCUT2D eigenvalue weighted by Gasteiger charge is -2.62. The van der Waals surface area contributed by atoms with E-state index in [9.17, 15) is 10.2 Å². The Morgan fingerprint density at radius 1 is 1.22 bits per heavy atom. The molecule has 2 aliphatic heterocycles. The average Bonchev–Trinajstić information content (AvgIpc) is 3.46. The minimum atomic E-state index is -0.980. The number of rotatable bonds is 3. The van der Waals surface area contributed by atoms with Crippen LogP contribution in [0, 0.1) is 5.92 Å². The number of phenols is 1. The highest BCUT2D eigenvalue weighted by atomic mass is 35.5. The minimum absolute atomic E-state index is 0. The first-order valence-corrected chi connectivity index (χ1v) is 12.4. The maximum Gasteiger partial charge on any atom is 0.166 e. The highest BCUT2D eigenvalue weighted by Crippen LogP contribution is 2.69. The van der Waals surface area contributed by atoms with E-state index in [0.717, 1.165) is 65.3 Å². The molecular weight excluding hydrogens is 499 g/mol. The third kappa shape index (κ3) is 2.75. The highest BCUT2D eigenvalue weighted by molar-refractivity contribution is 5.89. The molecule has 36 heavy (non-hydrogen) atoms. The van der Waals surface area contributed by atoms with Gasteiger partial charge < -0.3 is 25.7 Å². The van der Waals surface area contributed by atoms with Gasteiger partial charge in [0, 0.05) is 35.5 Å². The topological polar surface area (TPSA) is 107 Å². The van der Waals surface area contributed by atoms with Gasteiger partial charge in [0.15, 0.2) is 17.6 Å². The number of nitrogens with two attached hydrogens (primary N) is 1. The summed E-state index contributed by atoms with van der Waals surface area (Å²) in [5.41, 5.74) is 10.2. The third-order valence-electron chi connectivity index (χ3n) is 9.37. The Labute approximate surface area is 221 Å². The van der Waals surface area contributed by atoms with E-state index in [1.54, 1.807) is 6.07 Å². The molecule has 3 aliphatic carbocycles. The van der Waals surface area contributed by atoms with Crippen LogP contribution in [-0.4, -0.2) is 51.2 Å². The van der Waals surface area contributed by atoms with Gasteiger partial charge in [-0.1, -0.05) is 6.07 Å². The summed E-state index contributed by atoms with van der Waals surface area (Å²) in [5, 5.41) is 24.7. The van der Waals surface area contributed by atoms with Gasteiger partial charge in [-0.3, -0.25) is 4.90 Å². The van der Waals surface area contributed by atoms with Crippen molar-refractivity contribution in [3.63, 3.8) is 0 Å². The van der Waals surface area contributed by atoms with Gasteiger partial charge in [0.2, 0.25) is 0 Å². The summed E-state index contributed by atoms with van der Waals surface area (Å²) in [6.45, 7) is 2.01. The number of ether oxygens (including phenoxy) is 1. The molecule has 3 aromatic rings. The van der Waals surface area contributed by atoms with Crippen molar-refractivity contribution in [2.75, 3.05) is 13.1 Å². The fraction of sp³-hybridized carbons (Fsp3) is 0.444. The molecule has 0 amide bonds. The van der Waals surface area contributed by atoms with Crippen LogP contribution < -0.4 is 10.5 Å². The number of aliphatic imine (C=N–C) groups is 1. The molecule has 190 valence electrons. The van der Waals surface area contributed by atoms with E-state index in [0.29, 0.717) is 12.2 Å². The van der Waals surface area contributed by atoms with Crippen molar-refractivity contribution in [1.29, 1.82) is 0 Å². The molecule has 1 spiro atoms. The van der Waals surface area contributed by atoms with Crippen LogP contribution in [0.3, 0.4) is 0 Å².